The normalized spacial score (nSPS) is 16.7. The quantitative estimate of drug-likeness (QED) is 0.804. The summed E-state index contributed by atoms with van der Waals surface area (Å²) in [5.41, 5.74) is 1.74. The number of carboxylic acid groups (broad SMARTS) is 1. The van der Waals surface area contributed by atoms with E-state index in [1.807, 2.05) is 47.4 Å². The van der Waals surface area contributed by atoms with E-state index in [1.165, 1.54) is 0 Å². The van der Waals surface area contributed by atoms with Crippen LogP contribution in [0.1, 0.15) is 41.6 Å². The van der Waals surface area contributed by atoms with Gasteiger partial charge in [0, 0.05) is 25.1 Å². The second kappa shape index (κ2) is 9.21. The number of carboxylic acids is 1. The van der Waals surface area contributed by atoms with Crippen molar-refractivity contribution in [2.75, 3.05) is 13.1 Å². The number of amides is 1. The molecule has 2 aromatic carbocycles. The number of carbonyl (C=O) groups is 2. The lowest BCUT2D eigenvalue weighted by molar-refractivity contribution is -0.137. The summed E-state index contributed by atoms with van der Waals surface area (Å²) in [6, 6.07) is 17.2. The van der Waals surface area contributed by atoms with Crippen molar-refractivity contribution in [2.24, 2.45) is 5.92 Å². The Morgan fingerprint density at radius 3 is 2.52 bits per heavy atom. The predicted octanol–water partition coefficient (Wildman–Crippen LogP) is 3.98. The molecule has 142 valence electrons. The van der Waals surface area contributed by atoms with Gasteiger partial charge in [0.2, 0.25) is 0 Å². The lowest BCUT2D eigenvalue weighted by Gasteiger charge is -2.32. The second-order valence-corrected chi connectivity index (χ2v) is 6.99. The van der Waals surface area contributed by atoms with Gasteiger partial charge in [0.05, 0.1) is 0 Å². The Morgan fingerprint density at radius 2 is 1.81 bits per heavy atom. The van der Waals surface area contributed by atoms with Gasteiger partial charge in [-0.25, -0.2) is 0 Å². The van der Waals surface area contributed by atoms with Gasteiger partial charge < -0.3 is 14.7 Å². The minimum atomic E-state index is -0.774. The average molecular weight is 367 g/mol. The van der Waals surface area contributed by atoms with Crippen LogP contribution in [0.2, 0.25) is 0 Å². The van der Waals surface area contributed by atoms with Gasteiger partial charge in [0.1, 0.15) is 12.4 Å². The number of ether oxygens (including phenoxy) is 1. The molecule has 1 atom stereocenters. The number of benzene rings is 2. The summed E-state index contributed by atoms with van der Waals surface area (Å²) in [7, 11) is 0. The van der Waals surface area contributed by atoms with E-state index in [2.05, 4.69) is 0 Å². The van der Waals surface area contributed by atoms with Gasteiger partial charge >= 0.3 is 5.97 Å². The van der Waals surface area contributed by atoms with Gasteiger partial charge in [-0.1, -0.05) is 30.3 Å². The molecule has 1 aliphatic rings. The van der Waals surface area contributed by atoms with Crippen LogP contribution in [-0.2, 0) is 11.4 Å². The smallest absolute Gasteiger partial charge is 0.303 e. The SMILES string of the molecule is O=C(O)CCC1CCCN(C(=O)c2ccc(OCc3ccccc3)cc2)C1. The van der Waals surface area contributed by atoms with Crippen LogP contribution in [0.3, 0.4) is 0 Å². The fraction of sp³-hybridized carbons (Fsp3) is 0.364. The maximum absolute atomic E-state index is 12.7. The monoisotopic (exact) mass is 367 g/mol. The number of aliphatic carboxylic acids is 1. The number of piperidine rings is 1. The van der Waals surface area contributed by atoms with Crippen molar-refractivity contribution in [1.82, 2.24) is 4.90 Å². The van der Waals surface area contributed by atoms with Crippen LogP contribution in [0, 0.1) is 5.92 Å². The molecule has 0 spiro atoms. The topological polar surface area (TPSA) is 66.8 Å². The first-order valence-electron chi connectivity index (χ1n) is 9.39. The van der Waals surface area contributed by atoms with Gasteiger partial charge in [0.25, 0.3) is 5.91 Å². The van der Waals surface area contributed by atoms with Gasteiger partial charge in [0.15, 0.2) is 0 Å². The molecule has 27 heavy (non-hydrogen) atoms. The highest BCUT2D eigenvalue weighted by Crippen LogP contribution is 2.23. The van der Waals surface area contributed by atoms with Crippen molar-refractivity contribution < 1.29 is 19.4 Å². The zero-order valence-electron chi connectivity index (χ0n) is 15.3. The van der Waals surface area contributed by atoms with Crippen LogP contribution in [0.4, 0.5) is 0 Å². The molecule has 3 rings (SSSR count). The van der Waals surface area contributed by atoms with Crippen LogP contribution in [0.25, 0.3) is 0 Å². The first-order valence-corrected chi connectivity index (χ1v) is 9.39. The molecule has 5 nitrogen and oxygen atoms in total. The Hall–Kier alpha value is -2.82. The molecule has 1 unspecified atom stereocenters. The maximum Gasteiger partial charge on any atom is 0.303 e. The van der Waals surface area contributed by atoms with Gasteiger partial charge in [-0.2, -0.15) is 0 Å². The van der Waals surface area contributed by atoms with Gasteiger partial charge in [-0.05, 0) is 55.0 Å². The number of carbonyl (C=O) groups excluding carboxylic acids is 1. The molecule has 1 saturated heterocycles. The Labute approximate surface area is 159 Å². The first kappa shape index (κ1) is 19.0. The van der Waals surface area contributed by atoms with Crippen LogP contribution >= 0.6 is 0 Å². The summed E-state index contributed by atoms with van der Waals surface area (Å²) in [4.78, 5) is 25.3. The van der Waals surface area contributed by atoms with E-state index >= 15 is 0 Å². The Kier molecular flexibility index (Phi) is 6.47. The van der Waals surface area contributed by atoms with Gasteiger partial charge in [-0.3, -0.25) is 9.59 Å². The molecule has 1 aliphatic heterocycles. The number of hydrogen-bond donors (Lipinski definition) is 1. The Bertz CT molecular complexity index is 758. The first-order chi connectivity index (χ1) is 13.1. The van der Waals surface area contributed by atoms with E-state index in [9.17, 15) is 9.59 Å². The van der Waals surface area contributed by atoms with Crippen LogP contribution in [0.15, 0.2) is 54.6 Å². The molecule has 1 heterocycles. The standard InChI is InChI=1S/C22H25NO4/c24-21(25)13-8-17-7-4-14-23(15-17)22(26)19-9-11-20(12-10-19)27-16-18-5-2-1-3-6-18/h1-3,5-6,9-12,17H,4,7-8,13-16H2,(H,24,25). The molecule has 0 bridgehead atoms. The highest BCUT2D eigenvalue weighted by molar-refractivity contribution is 5.94. The van der Waals surface area contributed by atoms with E-state index in [-0.39, 0.29) is 18.2 Å². The summed E-state index contributed by atoms with van der Waals surface area (Å²) in [6.07, 6.45) is 2.71. The zero-order valence-corrected chi connectivity index (χ0v) is 15.3. The van der Waals surface area contributed by atoms with Crippen molar-refractivity contribution in [3.8, 4) is 5.75 Å². The molecular weight excluding hydrogens is 342 g/mol. The Morgan fingerprint density at radius 1 is 1.07 bits per heavy atom. The summed E-state index contributed by atoms with van der Waals surface area (Å²) >= 11 is 0. The minimum absolute atomic E-state index is 0.00429. The molecular formula is C22H25NO4. The van der Waals surface area contributed by atoms with Crippen molar-refractivity contribution in [3.63, 3.8) is 0 Å². The Balaban J connectivity index is 1.54. The lowest BCUT2D eigenvalue weighted by atomic mass is 9.93. The summed E-state index contributed by atoms with van der Waals surface area (Å²) in [6.45, 7) is 1.86. The molecule has 0 radical (unpaired) electrons. The second-order valence-electron chi connectivity index (χ2n) is 6.99. The highest BCUT2D eigenvalue weighted by atomic mass is 16.5. The third-order valence-corrected chi connectivity index (χ3v) is 4.92. The molecule has 5 heteroatoms. The summed E-state index contributed by atoms with van der Waals surface area (Å²) in [5.74, 6) is 0.231. The van der Waals surface area contributed by atoms with Crippen molar-refractivity contribution in [3.05, 3.63) is 65.7 Å². The van der Waals surface area contributed by atoms with Crippen LogP contribution in [-0.4, -0.2) is 35.0 Å². The van der Waals surface area contributed by atoms with E-state index < -0.39 is 5.97 Å². The fourth-order valence-electron chi connectivity index (χ4n) is 3.43. The van der Waals surface area contributed by atoms with Gasteiger partial charge in [-0.15, -0.1) is 0 Å². The third kappa shape index (κ3) is 5.58. The largest absolute Gasteiger partial charge is 0.489 e. The van der Waals surface area contributed by atoms with E-state index in [0.717, 1.165) is 30.7 Å². The third-order valence-electron chi connectivity index (χ3n) is 4.92. The fourth-order valence-corrected chi connectivity index (χ4v) is 3.43. The zero-order chi connectivity index (χ0) is 19.1. The average Bonchev–Trinajstić information content (AvgIpc) is 2.71. The van der Waals surface area contributed by atoms with E-state index in [0.29, 0.717) is 25.1 Å². The van der Waals surface area contributed by atoms with Crippen molar-refractivity contribution >= 4 is 11.9 Å². The molecule has 1 fully saturated rings. The van der Waals surface area contributed by atoms with Crippen LogP contribution in [0.5, 0.6) is 5.75 Å². The van der Waals surface area contributed by atoms with Crippen molar-refractivity contribution in [2.45, 2.75) is 32.3 Å². The number of hydrogen-bond acceptors (Lipinski definition) is 3. The number of rotatable bonds is 7. The highest BCUT2D eigenvalue weighted by Gasteiger charge is 2.24. The molecule has 1 N–H and O–H groups in total. The number of nitrogens with zero attached hydrogens (tertiary/aromatic N) is 1. The summed E-state index contributed by atoms with van der Waals surface area (Å²) in [5, 5.41) is 8.85. The van der Waals surface area contributed by atoms with E-state index in [1.54, 1.807) is 12.1 Å². The predicted molar refractivity (Wildman–Crippen MR) is 103 cm³/mol. The minimum Gasteiger partial charge on any atom is -0.489 e. The molecule has 0 aliphatic carbocycles. The van der Waals surface area contributed by atoms with Crippen LogP contribution < -0.4 is 4.74 Å². The molecule has 1 amide bonds. The summed E-state index contributed by atoms with van der Waals surface area (Å²) < 4.78 is 5.76. The van der Waals surface area contributed by atoms with Crippen molar-refractivity contribution in [1.29, 1.82) is 0 Å². The van der Waals surface area contributed by atoms with E-state index in [4.69, 9.17) is 9.84 Å². The molecule has 0 saturated carbocycles. The maximum atomic E-state index is 12.7. The molecule has 2 aromatic rings. The molecule has 0 aromatic heterocycles. The number of likely N-dealkylation sites (tertiary alicyclic amines) is 1. The lowest BCUT2D eigenvalue weighted by Crippen LogP contribution is -2.40.